The van der Waals surface area contributed by atoms with E-state index in [2.05, 4.69) is 9.97 Å². The molecule has 7 nitrogen and oxygen atoms in total. The van der Waals surface area contributed by atoms with E-state index in [1.807, 2.05) is 6.92 Å². The van der Waals surface area contributed by atoms with Gasteiger partial charge in [0.15, 0.2) is 0 Å². The minimum atomic E-state index is -0.848. The maximum absolute atomic E-state index is 12.2. The molecule has 1 aromatic carbocycles. The second kappa shape index (κ2) is 5.60. The molecule has 1 aliphatic heterocycles. The van der Waals surface area contributed by atoms with Crippen LogP contribution in [0.5, 0.6) is 0 Å². The zero-order valence-electron chi connectivity index (χ0n) is 12.6. The van der Waals surface area contributed by atoms with E-state index in [1.165, 1.54) is 18.3 Å². The Morgan fingerprint density at radius 3 is 2.30 bits per heavy atom. The van der Waals surface area contributed by atoms with E-state index in [1.54, 1.807) is 19.1 Å². The summed E-state index contributed by atoms with van der Waals surface area (Å²) < 4.78 is 0. The van der Waals surface area contributed by atoms with Crippen LogP contribution in [0.25, 0.3) is 0 Å². The van der Waals surface area contributed by atoms with Crippen molar-refractivity contribution in [1.82, 2.24) is 15.0 Å². The average molecular weight is 311 g/mol. The molecule has 0 aliphatic carbocycles. The Bertz CT molecular complexity index is 797. The second-order valence-corrected chi connectivity index (χ2v) is 4.97. The van der Waals surface area contributed by atoms with Crippen LogP contribution in [-0.4, -0.2) is 32.8 Å². The number of imide groups is 1. The number of fused-ring (bicyclic) bond motifs is 1. The molecule has 0 unspecified atom stereocenters. The largest absolute Gasteiger partial charge is 0.367 e. The van der Waals surface area contributed by atoms with Gasteiger partial charge in [0.2, 0.25) is 0 Å². The van der Waals surface area contributed by atoms with E-state index in [0.29, 0.717) is 23.0 Å². The lowest BCUT2D eigenvalue weighted by Crippen LogP contribution is -2.33. The summed E-state index contributed by atoms with van der Waals surface area (Å²) in [6.07, 6.45) is 1.97. The smallest absolute Gasteiger partial charge is 0.324 e. The van der Waals surface area contributed by atoms with Crippen molar-refractivity contribution in [2.75, 3.05) is 0 Å². The van der Waals surface area contributed by atoms with E-state index in [4.69, 9.17) is 4.84 Å². The number of hydroxylamine groups is 2. The van der Waals surface area contributed by atoms with Crippen LogP contribution in [0.1, 0.15) is 49.5 Å². The van der Waals surface area contributed by atoms with Crippen LogP contribution in [-0.2, 0) is 11.3 Å². The summed E-state index contributed by atoms with van der Waals surface area (Å²) in [6.45, 7) is 3.53. The lowest BCUT2D eigenvalue weighted by molar-refractivity contribution is -0.0585. The Balaban J connectivity index is 1.85. The van der Waals surface area contributed by atoms with Crippen molar-refractivity contribution >= 4 is 17.8 Å². The molecular formula is C16H13N3O4. The van der Waals surface area contributed by atoms with E-state index in [9.17, 15) is 14.4 Å². The standard InChI is InChI=1S/C16H13N3O4/c1-3-13-17-8-12(9(2)18-13)16(22)23-19-14(20)10-6-4-5-7-11(10)15(19)21/h4-8H,3H2,1-2H3. The summed E-state index contributed by atoms with van der Waals surface area (Å²) in [5.74, 6) is -1.58. The van der Waals surface area contributed by atoms with Gasteiger partial charge >= 0.3 is 5.97 Å². The molecule has 1 aromatic heterocycles. The Morgan fingerprint density at radius 1 is 1.17 bits per heavy atom. The summed E-state index contributed by atoms with van der Waals surface area (Å²) in [4.78, 5) is 49.7. The summed E-state index contributed by atoms with van der Waals surface area (Å²) in [5.41, 5.74) is 0.955. The molecule has 0 saturated carbocycles. The molecule has 116 valence electrons. The van der Waals surface area contributed by atoms with Crippen molar-refractivity contribution < 1.29 is 19.2 Å². The lowest BCUT2D eigenvalue weighted by atomic mass is 10.1. The third-order valence-corrected chi connectivity index (χ3v) is 3.50. The number of aryl methyl sites for hydroxylation is 2. The third kappa shape index (κ3) is 2.46. The number of aromatic nitrogens is 2. The summed E-state index contributed by atoms with van der Waals surface area (Å²) in [6, 6.07) is 6.29. The van der Waals surface area contributed by atoms with Gasteiger partial charge in [-0.2, -0.15) is 0 Å². The van der Waals surface area contributed by atoms with E-state index >= 15 is 0 Å². The number of rotatable bonds is 3. The number of benzene rings is 1. The van der Waals surface area contributed by atoms with Crippen molar-refractivity contribution in [2.24, 2.45) is 0 Å². The first-order valence-electron chi connectivity index (χ1n) is 7.05. The van der Waals surface area contributed by atoms with Gasteiger partial charge in [0.1, 0.15) is 11.4 Å². The number of hydrogen-bond donors (Lipinski definition) is 0. The molecule has 0 saturated heterocycles. The fourth-order valence-electron chi connectivity index (χ4n) is 2.27. The molecule has 2 heterocycles. The van der Waals surface area contributed by atoms with Gasteiger partial charge in [-0.05, 0) is 19.1 Å². The third-order valence-electron chi connectivity index (χ3n) is 3.50. The number of hydrogen-bond acceptors (Lipinski definition) is 6. The molecule has 0 radical (unpaired) electrons. The molecule has 0 atom stereocenters. The first kappa shape index (κ1) is 14.8. The maximum atomic E-state index is 12.2. The molecule has 1 aliphatic rings. The first-order chi connectivity index (χ1) is 11.0. The van der Waals surface area contributed by atoms with E-state index < -0.39 is 17.8 Å². The fraction of sp³-hybridized carbons (Fsp3) is 0.188. The number of amides is 2. The molecule has 3 rings (SSSR count). The van der Waals surface area contributed by atoms with Gasteiger partial charge in [-0.25, -0.2) is 14.8 Å². The average Bonchev–Trinajstić information content (AvgIpc) is 2.80. The summed E-state index contributed by atoms with van der Waals surface area (Å²) >= 11 is 0. The Hall–Kier alpha value is -3.09. The number of carbonyl (C=O) groups excluding carboxylic acids is 3. The highest BCUT2D eigenvalue weighted by atomic mass is 16.7. The molecule has 0 N–H and O–H groups in total. The minimum absolute atomic E-state index is 0.110. The fourth-order valence-corrected chi connectivity index (χ4v) is 2.27. The Morgan fingerprint density at radius 2 is 1.78 bits per heavy atom. The van der Waals surface area contributed by atoms with Crippen LogP contribution >= 0.6 is 0 Å². The molecule has 0 spiro atoms. The van der Waals surface area contributed by atoms with Gasteiger partial charge in [-0.3, -0.25) is 9.59 Å². The monoisotopic (exact) mass is 311 g/mol. The molecule has 23 heavy (non-hydrogen) atoms. The summed E-state index contributed by atoms with van der Waals surface area (Å²) in [7, 11) is 0. The van der Waals surface area contributed by atoms with Gasteiger partial charge in [-0.1, -0.05) is 24.1 Å². The van der Waals surface area contributed by atoms with E-state index in [-0.39, 0.29) is 16.7 Å². The van der Waals surface area contributed by atoms with Crippen molar-refractivity contribution in [2.45, 2.75) is 20.3 Å². The quantitative estimate of drug-likeness (QED) is 0.802. The molecule has 2 amide bonds. The Labute approximate surface area is 131 Å². The van der Waals surface area contributed by atoms with Crippen LogP contribution in [0, 0.1) is 6.92 Å². The van der Waals surface area contributed by atoms with Crippen molar-refractivity contribution in [3.63, 3.8) is 0 Å². The van der Waals surface area contributed by atoms with Crippen molar-refractivity contribution in [3.05, 3.63) is 58.7 Å². The van der Waals surface area contributed by atoms with Crippen LogP contribution in [0.4, 0.5) is 0 Å². The van der Waals surface area contributed by atoms with Gasteiger partial charge < -0.3 is 4.84 Å². The number of carbonyl (C=O) groups is 3. The van der Waals surface area contributed by atoms with Gasteiger partial charge in [0.05, 0.1) is 16.8 Å². The molecule has 0 fully saturated rings. The van der Waals surface area contributed by atoms with Crippen LogP contribution in [0.3, 0.4) is 0 Å². The highest BCUT2D eigenvalue weighted by molar-refractivity contribution is 6.21. The highest BCUT2D eigenvalue weighted by Gasteiger charge is 2.39. The molecule has 0 bridgehead atoms. The topological polar surface area (TPSA) is 89.5 Å². The first-order valence-corrected chi connectivity index (χ1v) is 7.05. The normalized spacial score (nSPS) is 13.2. The van der Waals surface area contributed by atoms with Crippen molar-refractivity contribution in [1.29, 1.82) is 0 Å². The van der Waals surface area contributed by atoms with Crippen molar-refractivity contribution in [3.8, 4) is 0 Å². The molecule has 7 heteroatoms. The van der Waals surface area contributed by atoms with Gasteiger partial charge in [-0.15, -0.1) is 0 Å². The van der Waals surface area contributed by atoms with Gasteiger partial charge in [0.25, 0.3) is 11.8 Å². The predicted octanol–water partition coefficient (Wildman–Crippen LogP) is 1.72. The number of nitrogens with zero attached hydrogens (tertiary/aromatic N) is 3. The van der Waals surface area contributed by atoms with Crippen LogP contribution in [0.15, 0.2) is 30.5 Å². The zero-order valence-corrected chi connectivity index (χ0v) is 12.6. The van der Waals surface area contributed by atoms with Crippen LogP contribution < -0.4 is 0 Å². The van der Waals surface area contributed by atoms with E-state index in [0.717, 1.165) is 0 Å². The van der Waals surface area contributed by atoms with Crippen LogP contribution in [0.2, 0.25) is 0 Å². The predicted molar refractivity (Wildman–Crippen MR) is 78.5 cm³/mol. The zero-order chi connectivity index (χ0) is 16.6. The summed E-state index contributed by atoms with van der Waals surface area (Å²) in [5, 5.41) is 0.472. The van der Waals surface area contributed by atoms with Gasteiger partial charge in [0, 0.05) is 12.6 Å². The SMILES string of the molecule is CCc1ncc(C(=O)ON2C(=O)c3ccccc3C2=O)c(C)n1. The minimum Gasteiger partial charge on any atom is -0.324 e. The molecule has 2 aromatic rings. The maximum Gasteiger partial charge on any atom is 0.367 e. The second-order valence-electron chi connectivity index (χ2n) is 4.97. The molecular weight excluding hydrogens is 298 g/mol. The Kier molecular flexibility index (Phi) is 3.61. The highest BCUT2D eigenvalue weighted by Crippen LogP contribution is 2.23. The lowest BCUT2D eigenvalue weighted by Gasteiger charge is -2.13.